The lowest BCUT2D eigenvalue weighted by atomic mass is 10.1. The highest BCUT2D eigenvalue weighted by molar-refractivity contribution is 14.0. The summed E-state index contributed by atoms with van der Waals surface area (Å²) in [6.45, 7) is 4.67. The van der Waals surface area contributed by atoms with Crippen molar-refractivity contribution >= 4 is 29.9 Å². The lowest BCUT2D eigenvalue weighted by molar-refractivity contribution is 0.245. The molecule has 1 atom stereocenters. The highest BCUT2D eigenvalue weighted by Crippen LogP contribution is 2.27. The average molecular weight is 539 g/mol. The maximum atomic E-state index is 5.45. The van der Waals surface area contributed by atoms with Gasteiger partial charge in [-0.05, 0) is 56.5 Å². The van der Waals surface area contributed by atoms with E-state index in [0.29, 0.717) is 6.54 Å². The van der Waals surface area contributed by atoms with Crippen molar-refractivity contribution in [3.63, 3.8) is 0 Å². The van der Waals surface area contributed by atoms with Gasteiger partial charge in [0.15, 0.2) is 11.8 Å². The van der Waals surface area contributed by atoms with Crippen molar-refractivity contribution in [2.45, 2.75) is 51.2 Å². The maximum absolute atomic E-state index is 5.45. The molecule has 1 saturated heterocycles. The van der Waals surface area contributed by atoms with Gasteiger partial charge >= 0.3 is 0 Å². The molecule has 1 fully saturated rings. The first-order valence-corrected chi connectivity index (χ1v) is 11.0. The first-order chi connectivity index (χ1) is 14.8. The van der Waals surface area contributed by atoms with E-state index in [1.807, 2.05) is 13.1 Å². The zero-order valence-corrected chi connectivity index (χ0v) is 20.8. The highest BCUT2D eigenvalue weighted by Gasteiger charge is 2.24. The Morgan fingerprint density at radius 1 is 1.13 bits per heavy atom. The number of nitrogens with zero attached hydrogens (tertiary/aromatic N) is 5. The molecule has 1 aromatic carbocycles. The fraction of sp³-hybridized carbons (Fsp3) is 0.591. The summed E-state index contributed by atoms with van der Waals surface area (Å²) in [6, 6.07) is 8.67. The van der Waals surface area contributed by atoms with E-state index in [1.165, 1.54) is 31.2 Å². The monoisotopic (exact) mass is 539 g/mol. The second-order valence-corrected chi connectivity index (χ2v) is 7.98. The molecule has 31 heavy (non-hydrogen) atoms. The van der Waals surface area contributed by atoms with Gasteiger partial charge in [0.1, 0.15) is 11.6 Å². The first-order valence-electron chi connectivity index (χ1n) is 11.0. The number of fused-ring (bicyclic) bond motifs is 1. The number of aryl methyl sites for hydroxylation is 1. The molecule has 2 aliphatic rings. The number of guanidine groups is 1. The van der Waals surface area contributed by atoms with Gasteiger partial charge in [0.2, 0.25) is 0 Å². The standard InChI is InChI=1S/C22H33N7O.HI/c1-23-22(25-16-21-27-26-20-10-3-4-13-29(20)21)24-15-19(28-11-5-6-12-28)17-8-7-9-18(14-17)30-2;/h7-9,14,19H,3-6,10-13,15-16H2,1-2H3,(H2,23,24,25);1H. The summed E-state index contributed by atoms with van der Waals surface area (Å²) in [4.78, 5) is 6.96. The van der Waals surface area contributed by atoms with E-state index in [4.69, 9.17) is 4.74 Å². The topological polar surface area (TPSA) is 79.6 Å². The molecule has 4 rings (SSSR count). The van der Waals surface area contributed by atoms with Crippen LogP contribution in [0.25, 0.3) is 0 Å². The third-order valence-corrected chi connectivity index (χ3v) is 6.10. The van der Waals surface area contributed by atoms with Crippen LogP contribution in [0.2, 0.25) is 0 Å². The number of aliphatic imine (C=N–C) groups is 1. The fourth-order valence-corrected chi connectivity index (χ4v) is 4.44. The minimum atomic E-state index is 0. The normalized spacial score (nSPS) is 17.5. The van der Waals surface area contributed by atoms with Crippen LogP contribution in [-0.2, 0) is 19.5 Å². The van der Waals surface area contributed by atoms with Crippen molar-refractivity contribution < 1.29 is 4.74 Å². The average Bonchev–Trinajstić information content (AvgIpc) is 3.47. The SMILES string of the molecule is CN=C(NCc1nnc2n1CCCC2)NCC(c1cccc(OC)c1)N1CCCC1.I. The van der Waals surface area contributed by atoms with Crippen LogP contribution >= 0.6 is 24.0 Å². The second kappa shape index (κ2) is 11.7. The van der Waals surface area contributed by atoms with Gasteiger partial charge in [-0.15, -0.1) is 34.2 Å². The predicted molar refractivity (Wildman–Crippen MR) is 133 cm³/mol. The Morgan fingerprint density at radius 3 is 2.71 bits per heavy atom. The largest absolute Gasteiger partial charge is 0.497 e. The van der Waals surface area contributed by atoms with Crippen molar-refractivity contribution in [1.29, 1.82) is 0 Å². The molecule has 170 valence electrons. The number of nitrogens with one attached hydrogen (secondary N) is 2. The fourth-order valence-electron chi connectivity index (χ4n) is 4.44. The summed E-state index contributed by atoms with van der Waals surface area (Å²) < 4.78 is 7.69. The van der Waals surface area contributed by atoms with Crippen LogP contribution < -0.4 is 15.4 Å². The number of methoxy groups -OCH3 is 1. The van der Waals surface area contributed by atoms with Crippen molar-refractivity contribution in [1.82, 2.24) is 30.3 Å². The third-order valence-electron chi connectivity index (χ3n) is 6.10. The number of hydrogen-bond acceptors (Lipinski definition) is 5. The molecule has 9 heteroatoms. The summed E-state index contributed by atoms with van der Waals surface area (Å²) in [6.07, 6.45) is 5.94. The van der Waals surface area contributed by atoms with Crippen molar-refractivity contribution in [2.24, 2.45) is 4.99 Å². The summed E-state index contributed by atoms with van der Waals surface area (Å²) in [7, 11) is 3.53. The van der Waals surface area contributed by atoms with Crippen molar-refractivity contribution in [2.75, 3.05) is 33.8 Å². The molecule has 0 amide bonds. The van der Waals surface area contributed by atoms with Gasteiger partial charge in [-0.25, -0.2) is 0 Å². The van der Waals surface area contributed by atoms with Gasteiger partial charge in [0.25, 0.3) is 0 Å². The number of rotatable bonds is 7. The Hall–Kier alpha value is -1.88. The van der Waals surface area contributed by atoms with Crippen LogP contribution in [0.15, 0.2) is 29.3 Å². The summed E-state index contributed by atoms with van der Waals surface area (Å²) >= 11 is 0. The summed E-state index contributed by atoms with van der Waals surface area (Å²) in [5.74, 6) is 3.77. The lowest BCUT2D eigenvalue weighted by Gasteiger charge is -2.29. The van der Waals surface area contributed by atoms with Crippen LogP contribution in [0.4, 0.5) is 0 Å². The van der Waals surface area contributed by atoms with Gasteiger partial charge in [-0.3, -0.25) is 9.89 Å². The molecule has 1 aromatic heterocycles. The highest BCUT2D eigenvalue weighted by atomic mass is 127. The van der Waals surface area contributed by atoms with Crippen molar-refractivity contribution in [3.05, 3.63) is 41.5 Å². The molecular weight excluding hydrogens is 505 g/mol. The zero-order chi connectivity index (χ0) is 20.8. The minimum absolute atomic E-state index is 0. The zero-order valence-electron chi connectivity index (χ0n) is 18.5. The molecule has 8 nitrogen and oxygen atoms in total. The van der Waals surface area contributed by atoms with Gasteiger partial charge in [-0.2, -0.15) is 0 Å². The van der Waals surface area contributed by atoms with Gasteiger partial charge in [-0.1, -0.05) is 12.1 Å². The molecule has 2 aromatic rings. The first kappa shape index (κ1) is 23.8. The number of benzene rings is 1. The van der Waals surface area contributed by atoms with Crippen molar-refractivity contribution in [3.8, 4) is 5.75 Å². The molecule has 2 N–H and O–H groups in total. The Morgan fingerprint density at radius 2 is 1.94 bits per heavy atom. The third kappa shape index (κ3) is 5.88. The molecule has 0 saturated carbocycles. The van der Waals surface area contributed by atoms with E-state index in [1.54, 1.807) is 7.11 Å². The van der Waals surface area contributed by atoms with Crippen LogP contribution in [0.3, 0.4) is 0 Å². The van der Waals surface area contributed by atoms with Crippen LogP contribution in [0, 0.1) is 0 Å². The Kier molecular flexibility index (Phi) is 8.94. The molecule has 2 aliphatic heterocycles. The van der Waals surface area contributed by atoms with E-state index < -0.39 is 0 Å². The van der Waals surface area contributed by atoms with Crippen LogP contribution in [0.1, 0.15) is 48.9 Å². The number of likely N-dealkylation sites (tertiary alicyclic amines) is 1. The van der Waals surface area contributed by atoms with E-state index in [9.17, 15) is 0 Å². The molecule has 3 heterocycles. The molecule has 0 radical (unpaired) electrons. The van der Waals surface area contributed by atoms with E-state index >= 15 is 0 Å². The number of aromatic nitrogens is 3. The van der Waals surface area contributed by atoms with E-state index in [-0.39, 0.29) is 30.0 Å². The van der Waals surface area contributed by atoms with E-state index in [0.717, 1.165) is 56.0 Å². The van der Waals surface area contributed by atoms with Gasteiger partial charge in [0.05, 0.1) is 19.7 Å². The predicted octanol–water partition coefficient (Wildman–Crippen LogP) is 2.74. The Labute approximate surface area is 201 Å². The van der Waals surface area contributed by atoms with E-state index in [2.05, 4.69) is 53.5 Å². The Bertz CT molecular complexity index is 863. The number of halogens is 1. The molecule has 1 unspecified atom stereocenters. The summed E-state index contributed by atoms with van der Waals surface area (Å²) in [5, 5.41) is 15.6. The van der Waals surface area contributed by atoms with Crippen LogP contribution in [-0.4, -0.2) is 59.4 Å². The quantitative estimate of drug-likeness (QED) is 0.320. The number of ether oxygens (including phenoxy) is 1. The lowest BCUT2D eigenvalue weighted by Crippen LogP contribution is -2.42. The van der Waals surface area contributed by atoms with Crippen LogP contribution in [0.5, 0.6) is 5.75 Å². The smallest absolute Gasteiger partial charge is 0.191 e. The summed E-state index contributed by atoms with van der Waals surface area (Å²) in [5.41, 5.74) is 1.27. The van der Waals surface area contributed by atoms with Gasteiger partial charge in [0, 0.05) is 26.6 Å². The second-order valence-electron chi connectivity index (χ2n) is 7.98. The molecular formula is C22H34IN7O. The molecule has 0 bridgehead atoms. The van der Waals surface area contributed by atoms with Gasteiger partial charge < -0.3 is 19.9 Å². The minimum Gasteiger partial charge on any atom is -0.497 e. The molecule has 0 aliphatic carbocycles. The maximum Gasteiger partial charge on any atom is 0.191 e. The Balaban J connectivity index is 0.00000272. The molecule has 0 spiro atoms. The number of hydrogen-bond donors (Lipinski definition) is 2.